The molecule has 0 aliphatic carbocycles. The van der Waals surface area contributed by atoms with Crippen LogP contribution in [0.1, 0.15) is 0 Å². The molecule has 2 N–H and O–H groups in total. The van der Waals surface area contributed by atoms with Crippen molar-refractivity contribution in [1.82, 2.24) is 9.80 Å². The number of guanidine groups is 1. The number of methoxy groups -OCH3 is 1. The standard InChI is InChI=1S/C17H28FN5O.HI/c1-21(13-14-24-2)8-7-20-17(19)23-11-9-22(10-12-23)16-5-3-15(18)4-6-16;/h3-6H,7-14H2,1-2H3,(H2,19,20);1H. The molecular formula is C17H29FIN5O. The summed E-state index contributed by atoms with van der Waals surface area (Å²) in [6, 6.07) is 6.63. The van der Waals surface area contributed by atoms with E-state index in [0.29, 0.717) is 12.5 Å². The monoisotopic (exact) mass is 465 g/mol. The lowest BCUT2D eigenvalue weighted by Crippen LogP contribution is -2.51. The van der Waals surface area contributed by atoms with Gasteiger partial charge in [-0.2, -0.15) is 0 Å². The topological polar surface area (TPSA) is 57.3 Å². The van der Waals surface area contributed by atoms with E-state index < -0.39 is 0 Å². The van der Waals surface area contributed by atoms with Gasteiger partial charge in [0.05, 0.1) is 13.2 Å². The van der Waals surface area contributed by atoms with Gasteiger partial charge in [-0.15, -0.1) is 24.0 Å². The maximum atomic E-state index is 13.0. The molecule has 1 heterocycles. The number of benzene rings is 1. The minimum Gasteiger partial charge on any atom is -0.383 e. The van der Waals surface area contributed by atoms with Crippen LogP contribution < -0.4 is 10.6 Å². The summed E-state index contributed by atoms with van der Waals surface area (Å²) in [6.45, 7) is 6.52. The number of aliphatic imine (C=N–C) groups is 1. The fraction of sp³-hybridized carbons (Fsp3) is 0.588. The summed E-state index contributed by atoms with van der Waals surface area (Å²) in [6.07, 6.45) is 0. The highest BCUT2D eigenvalue weighted by Crippen LogP contribution is 2.16. The van der Waals surface area contributed by atoms with E-state index in [1.165, 1.54) is 12.1 Å². The van der Waals surface area contributed by atoms with Gasteiger partial charge in [-0.25, -0.2) is 4.39 Å². The number of likely N-dealkylation sites (N-methyl/N-ethyl adjacent to an activating group) is 1. The van der Waals surface area contributed by atoms with E-state index in [9.17, 15) is 4.39 Å². The number of halogens is 2. The first-order valence-electron chi connectivity index (χ1n) is 8.33. The highest BCUT2D eigenvalue weighted by molar-refractivity contribution is 14.0. The molecule has 6 nitrogen and oxygen atoms in total. The van der Waals surface area contributed by atoms with E-state index in [1.54, 1.807) is 7.11 Å². The fourth-order valence-electron chi connectivity index (χ4n) is 2.64. The van der Waals surface area contributed by atoms with E-state index in [2.05, 4.69) is 19.7 Å². The van der Waals surface area contributed by atoms with Crippen molar-refractivity contribution in [3.8, 4) is 0 Å². The fourth-order valence-corrected chi connectivity index (χ4v) is 2.64. The average molecular weight is 465 g/mol. The Morgan fingerprint density at radius 3 is 2.44 bits per heavy atom. The van der Waals surface area contributed by atoms with Crippen molar-refractivity contribution in [3.05, 3.63) is 30.1 Å². The SMILES string of the molecule is COCCN(C)CCN=C(N)N1CCN(c2ccc(F)cc2)CC1.I. The van der Waals surface area contributed by atoms with Gasteiger partial charge < -0.3 is 25.2 Å². The first-order chi connectivity index (χ1) is 11.6. The van der Waals surface area contributed by atoms with Gasteiger partial charge in [0.1, 0.15) is 5.82 Å². The number of nitrogens with zero attached hydrogens (tertiary/aromatic N) is 4. The summed E-state index contributed by atoms with van der Waals surface area (Å²) in [5.41, 5.74) is 7.15. The molecule has 0 atom stereocenters. The Bertz CT molecular complexity index is 520. The summed E-state index contributed by atoms with van der Waals surface area (Å²) in [4.78, 5) is 11.0. The van der Waals surface area contributed by atoms with Crippen LogP contribution in [0.15, 0.2) is 29.3 Å². The molecule has 1 aromatic carbocycles. The normalized spacial score (nSPS) is 15.4. The van der Waals surface area contributed by atoms with Crippen LogP contribution in [-0.4, -0.2) is 82.3 Å². The van der Waals surface area contributed by atoms with Crippen LogP contribution in [0.25, 0.3) is 0 Å². The van der Waals surface area contributed by atoms with Crippen molar-refractivity contribution in [2.45, 2.75) is 0 Å². The van der Waals surface area contributed by atoms with Crippen molar-refractivity contribution < 1.29 is 9.13 Å². The first kappa shape index (κ1) is 21.9. The van der Waals surface area contributed by atoms with Gasteiger partial charge in [0, 0.05) is 52.1 Å². The highest BCUT2D eigenvalue weighted by atomic mass is 127. The van der Waals surface area contributed by atoms with Crippen LogP contribution >= 0.6 is 24.0 Å². The molecule has 1 saturated heterocycles. The Hall–Kier alpha value is -1.13. The van der Waals surface area contributed by atoms with Gasteiger partial charge in [-0.1, -0.05) is 0 Å². The Kier molecular flexibility index (Phi) is 10.1. The average Bonchev–Trinajstić information content (AvgIpc) is 2.60. The van der Waals surface area contributed by atoms with Crippen molar-refractivity contribution in [2.75, 3.05) is 71.5 Å². The van der Waals surface area contributed by atoms with Crippen LogP contribution in [-0.2, 0) is 4.74 Å². The molecule has 0 amide bonds. The van der Waals surface area contributed by atoms with E-state index in [0.717, 1.165) is 51.6 Å². The van der Waals surface area contributed by atoms with Crippen LogP contribution in [0.3, 0.4) is 0 Å². The minimum absolute atomic E-state index is 0. The third kappa shape index (κ3) is 7.33. The molecule has 0 saturated carbocycles. The molecule has 1 fully saturated rings. The first-order valence-corrected chi connectivity index (χ1v) is 8.33. The molecule has 0 radical (unpaired) electrons. The van der Waals surface area contributed by atoms with Crippen molar-refractivity contribution >= 4 is 35.6 Å². The van der Waals surface area contributed by atoms with Gasteiger partial charge >= 0.3 is 0 Å². The molecule has 1 aliphatic rings. The summed E-state index contributed by atoms with van der Waals surface area (Å²) in [5, 5.41) is 0. The lowest BCUT2D eigenvalue weighted by Gasteiger charge is -2.36. The zero-order valence-corrected chi connectivity index (χ0v) is 17.4. The lowest BCUT2D eigenvalue weighted by molar-refractivity contribution is 0.163. The largest absolute Gasteiger partial charge is 0.383 e. The predicted molar refractivity (Wildman–Crippen MR) is 111 cm³/mol. The van der Waals surface area contributed by atoms with E-state index in [4.69, 9.17) is 10.5 Å². The molecule has 8 heteroatoms. The number of nitrogens with two attached hydrogens (primary N) is 1. The van der Waals surface area contributed by atoms with Crippen molar-refractivity contribution in [2.24, 2.45) is 10.7 Å². The number of hydrogen-bond acceptors (Lipinski definition) is 4. The van der Waals surface area contributed by atoms with E-state index >= 15 is 0 Å². The number of piperazine rings is 1. The Morgan fingerprint density at radius 2 is 1.84 bits per heavy atom. The third-order valence-electron chi connectivity index (χ3n) is 4.23. The Balaban J connectivity index is 0.00000312. The third-order valence-corrected chi connectivity index (χ3v) is 4.23. The molecule has 0 unspecified atom stereocenters. The summed E-state index contributed by atoms with van der Waals surface area (Å²) in [5.74, 6) is 0.401. The van der Waals surface area contributed by atoms with Crippen LogP contribution in [0, 0.1) is 5.82 Å². The summed E-state index contributed by atoms with van der Waals surface area (Å²) in [7, 11) is 3.75. The maximum absolute atomic E-state index is 13.0. The van der Waals surface area contributed by atoms with Gasteiger partial charge in [-0.3, -0.25) is 4.99 Å². The van der Waals surface area contributed by atoms with Crippen molar-refractivity contribution in [1.29, 1.82) is 0 Å². The van der Waals surface area contributed by atoms with E-state index in [1.807, 2.05) is 19.2 Å². The quantitative estimate of drug-likeness (QED) is 0.376. The molecule has 0 aromatic heterocycles. The van der Waals surface area contributed by atoms with E-state index in [-0.39, 0.29) is 29.8 Å². The van der Waals surface area contributed by atoms with Crippen molar-refractivity contribution in [3.63, 3.8) is 0 Å². The second-order valence-electron chi connectivity index (χ2n) is 5.99. The summed E-state index contributed by atoms with van der Waals surface area (Å²) >= 11 is 0. The zero-order chi connectivity index (χ0) is 17.4. The minimum atomic E-state index is -0.204. The van der Waals surface area contributed by atoms with Gasteiger partial charge in [-0.05, 0) is 31.3 Å². The number of rotatable bonds is 7. The molecule has 142 valence electrons. The van der Waals surface area contributed by atoms with Crippen LogP contribution in [0.4, 0.5) is 10.1 Å². The maximum Gasteiger partial charge on any atom is 0.191 e. The second kappa shape index (κ2) is 11.5. The van der Waals surface area contributed by atoms with Crippen LogP contribution in [0.5, 0.6) is 0 Å². The van der Waals surface area contributed by atoms with Gasteiger partial charge in [0.15, 0.2) is 5.96 Å². The molecule has 1 aliphatic heterocycles. The van der Waals surface area contributed by atoms with Gasteiger partial charge in [0.2, 0.25) is 0 Å². The molecule has 0 spiro atoms. The predicted octanol–water partition coefficient (Wildman–Crippen LogP) is 1.46. The van der Waals surface area contributed by atoms with Crippen LogP contribution in [0.2, 0.25) is 0 Å². The smallest absolute Gasteiger partial charge is 0.191 e. The number of hydrogen-bond donors (Lipinski definition) is 1. The number of ether oxygens (including phenoxy) is 1. The number of anilines is 1. The molecule has 25 heavy (non-hydrogen) atoms. The molecule has 0 bridgehead atoms. The van der Waals surface area contributed by atoms with Gasteiger partial charge in [0.25, 0.3) is 0 Å². The Morgan fingerprint density at radius 1 is 1.20 bits per heavy atom. The zero-order valence-electron chi connectivity index (χ0n) is 15.0. The second-order valence-corrected chi connectivity index (χ2v) is 5.99. The molecular weight excluding hydrogens is 436 g/mol. The Labute approximate surface area is 166 Å². The highest BCUT2D eigenvalue weighted by Gasteiger charge is 2.18. The molecule has 2 rings (SSSR count). The summed E-state index contributed by atoms with van der Waals surface area (Å²) < 4.78 is 18.0. The molecule has 1 aromatic rings. The lowest BCUT2D eigenvalue weighted by atomic mass is 10.2.